The van der Waals surface area contributed by atoms with Gasteiger partial charge in [-0.3, -0.25) is 14.0 Å². The van der Waals surface area contributed by atoms with Crippen molar-refractivity contribution < 1.29 is 0 Å². The highest BCUT2D eigenvalue weighted by Gasteiger charge is 2.26. The molecule has 2 aromatic heterocycles. The van der Waals surface area contributed by atoms with Crippen LogP contribution in [0.15, 0.2) is 4.79 Å². The van der Waals surface area contributed by atoms with Gasteiger partial charge >= 0.3 is 0 Å². The lowest BCUT2D eigenvalue weighted by Gasteiger charge is -2.18. The Balaban J connectivity index is 2.80. The van der Waals surface area contributed by atoms with E-state index in [2.05, 4.69) is 37.8 Å². The van der Waals surface area contributed by atoms with Crippen LogP contribution in [0, 0.1) is 0 Å². The predicted molar refractivity (Wildman–Crippen MR) is 85.5 cm³/mol. The highest BCUT2D eigenvalue weighted by molar-refractivity contribution is 5.78. The lowest BCUT2D eigenvalue weighted by molar-refractivity contribution is 0.489. The fourth-order valence-corrected chi connectivity index (χ4v) is 2.72. The van der Waals surface area contributed by atoms with Gasteiger partial charge in [0.1, 0.15) is 5.52 Å². The van der Waals surface area contributed by atoms with Gasteiger partial charge in [0.05, 0.1) is 5.69 Å². The van der Waals surface area contributed by atoms with Crippen molar-refractivity contribution in [2.24, 2.45) is 7.05 Å². The molecule has 2 aromatic rings. The topological polar surface area (TPSA) is 78.7 Å². The minimum Gasteiger partial charge on any atom is -0.369 e. The Labute approximate surface area is 125 Å². The van der Waals surface area contributed by atoms with E-state index in [1.165, 1.54) is 0 Å². The second kappa shape index (κ2) is 5.16. The van der Waals surface area contributed by atoms with E-state index in [-0.39, 0.29) is 23.0 Å². The molecule has 2 heterocycles. The van der Waals surface area contributed by atoms with Crippen molar-refractivity contribution in [2.75, 3.05) is 5.73 Å². The molecular formula is C15H25N5O. The van der Waals surface area contributed by atoms with Crippen LogP contribution in [0.4, 0.5) is 5.95 Å². The third kappa shape index (κ3) is 2.54. The van der Waals surface area contributed by atoms with Gasteiger partial charge in [-0.2, -0.15) is 5.10 Å². The van der Waals surface area contributed by atoms with Gasteiger partial charge in [0.15, 0.2) is 5.52 Å². The number of nitrogens with zero attached hydrogens (tertiary/aromatic N) is 4. The van der Waals surface area contributed by atoms with Crippen LogP contribution in [-0.2, 0) is 12.5 Å². The quantitative estimate of drug-likeness (QED) is 0.941. The van der Waals surface area contributed by atoms with Crippen molar-refractivity contribution in [3.63, 3.8) is 0 Å². The number of aromatic nitrogens is 4. The number of rotatable bonds is 3. The van der Waals surface area contributed by atoms with E-state index in [1.807, 2.05) is 6.92 Å². The fraction of sp³-hybridized carbons (Fsp3) is 0.667. The van der Waals surface area contributed by atoms with Gasteiger partial charge in [-0.25, -0.2) is 4.98 Å². The molecule has 0 aliphatic carbocycles. The maximum atomic E-state index is 12.8. The first-order chi connectivity index (χ1) is 9.68. The molecule has 0 spiro atoms. The molecule has 2 N–H and O–H groups in total. The number of anilines is 1. The predicted octanol–water partition coefficient (Wildman–Crippen LogP) is 2.37. The summed E-state index contributed by atoms with van der Waals surface area (Å²) in [6.45, 7) is 10.2. The largest absolute Gasteiger partial charge is 0.369 e. The average molecular weight is 291 g/mol. The SMILES string of the molecule is CCCC(C)n1c(N)nc2c(C(C)(C)C)nn(C)c2c1=O. The molecule has 0 radical (unpaired) electrons. The van der Waals surface area contributed by atoms with Gasteiger partial charge < -0.3 is 5.73 Å². The van der Waals surface area contributed by atoms with Crippen molar-refractivity contribution >= 4 is 17.0 Å². The Morgan fingerprint density at radius 2 is 1.95 bits per heavy atom. The first-order valence-corrected chi connectivity index (χ1v) is 7.43. The molecule has 0 aliphatic heterocycles. The first kappa shape index (κ1) is 15.5. The molecule has 6 nitrogen and oxygen atoms in total. The Kier molecular flexibility index (Phi) is 3.82. The summed E-state index contributed by atoms with van der Waals surface area (Å²) in [6.07, 6.45) is 1.88. The molecule has 0 fully saturated rings. The van der Waals surface area contributed by atoms with Crippen LogP contribution in [0.1, 0.15) is 59.2 Å². The third-order valence-corrected chi connectivity index (χ3v) is 3.77. The van der Waals surface area contributed by atoms with E-state index in [9.17, 15) is 4.79 Å². The summed E-state index contributed by atoms with van der Waals surface area (Å²) in [7, 11) is 1.78. The summed E-state index contributed by atoms with van der Waals surface area (Å²) in [5, 5.41) is 4.49. The number of aryl methyl sites for hydroxylation is 1. The van der Waals surface area contributed by atoms with E-state index in [0.717, 1.165) is 18.5 Å². The number of nitrogen functional groups attached to an aromatic ring is 1. The van der Waals surface area contributed by atoms with E-state index in [0.29, 0.717) is 11.0 Å². The standard InChI is InChI=1S/C15H25N5O/c1-7-8-9(2)20-13(21)11-10(17-14(20)16)12(15(3,4)5)18-19(11)6/h9H,7-8H2,1-6H3,(H2,16,17). The van der Waals surface area contributed by atoms with Gasteiger partial charge in [0, 0.05) is 18.5 Å². The third-order valence-electron chi connectivity index (χ3n) is 3.77. The monoisotopic (exact) mass is 291 g/mol. The van der Waals surface area contributed by atoms with Crippen LogP contribution in [0.25, 0.3) is 11.0 Å². The summed E-state index contributed by atoms with van der Waals surface area (Å²) < 4.78 is 3.21. The maximum absolute atomic E-state index is 12.8. The van der Waals surface area contributed by atoms with Gasteiger partial charge in [0.2, 0.25) is 5.95 Å². The lowest BCUT2D eigenvalue weighted by atomic mass is 9.91. The van der Waals surface area contributed by atoms with Crippen LogP contribution in [-0.4, -0.2) is 19.3 Å². The van der Waals surface area contributed by atoms with Crippen LogP contribution in [0.3, 0.4) is 0 Å². The van der Waals surface area contributed by atoms with Gasteiger partial charge in [0.25, 0.3) is 5.56 Å². The van der Waals surface area contributed by atoms with Crippen molar-refractivity contribution in [3.8, 4) is 0 Å². The van der Waals surface area contributed by atoms with Crippen LogP contribution >= 0.6 is 0 Å². The molecule has 1 unspecified atom stereocenters. The lowest BCUT2D eigenvalue weighted by Crippen LogP contribution is -2.28. The Bertz CT molecular complexity index is 720. The molecule has 6 heteroatoms. The number of nitrogens with two attached hydrogens (primary N) is 1. The normalized spacial score (nSPS) is 13.8. The molecular weight excluding hydrogens is 266 g/mol. The smallest absolute Gasteiger partial charge is 0.281 e. The van der Waals surface area contributed by atoms with Gasteiger partial charge in [-0.15, -0.1) is 0 Å². The molecule has 21 heavy (non-hydrogen) atoms. The molecule has 0 saturated heterocycles. The van der Waals surface area contributed by atoms with E-state index in [4.69, 9.17) is 5.73 Å². The van der Waals surface area contributed by atoms with Gasteiger partial charge in [-0.1, -0.05) is 34.1 Å². The summed E-state index contributed by atoms with van der Waals surface area (Å²) in [5.41, 5.74) is 7.71. The zero-order valence-electron chi connectivity index (χ0n) is 13.8. The second-order valence-corrected chi connectivity index (χ2v) is 6.70. The van der Waals surface area contributed by atoms with Crippen LogP contribution in [0.5, 0.6) is 0 Å². The number of hydrogen-bond acceptors (Lipinski definition) is 4. The molecule has 2 rings (SSSR count). The average Bonchev–Trinajstić information content (AvgIpc) is 2.66. The molecule has 1 atom stereocenters. The van der Waals surface area contributed by atoms with Crippen molar-refractivity contribution in [1.82, 2.24) is 19.3 Å². The fourth-order valence-electron chi connectivity index (χ4n) is 2.72. The molecule has 0 amide bonds. The second-order valence-electron chi connectivity index (χ2n) is 6.70. The van der Waals surface area contributed by atoms with E-state index in [1.54, 1.807) is 16.3 Å². The molecule has 0 bridgehead atoms. The summed E-state index contributed by atoms with van der Waals surface area (Å²) in [4.78, 5) is 17.3. The first-order valence-electron chi connectivity index (χ1n) is 7.43. The number of fused-ring (bicyclic) bond motifs is 1. The van der Waals surface area contributed by atoms with Crippen LogP contribution < -0.4 is 11.3 Å². The van der Waals surface area contributed by atoms with E-state index >= 15 is 0 Å². The summed E-state index contributed by atoms with van der Waals surface area (Å²) >= 11 is 0. The molecule has 116 valence electrons. The highest BCUT2D eigenvalue weighted by Crippen LogP contribution is 2.27. The highest BCUT2D eigenvalue weighted by atomic mass is 16.1. The summed E-state index contributed by atoms with van der Waals surface area (Å²) in [5.74, 6) is 0.270. The summed E-state index contributed by atoms with van der Waals surface area (Å²) in [6, 6.07) is 0.0346. The Morgan fingerprint density at radius 1 is 1.33 bits per heavy atom. The van der Waals surface area contributed by atoms with Crippen molar-refractivity contribution in [3.05, 3.63) is 16.0 Å². The zero-order valence-corrected chi connectivity index (χ0v) is 13.8. The Morgan fingerprint density at radius 3 is 2.48 bits per heavy atom. The van der Waals surface area contributed by atoms with E-state index < -0.39 is 0 Å². The molecule has 0 aliphatic rings. The zero-order chi connectivity index (χ0) is 15.9. The number of hydrogen-bond donors (Lipinski definition) is 1. The molecule has 0 aromatic carbocycles. The minimum absolute atomic E-state index is 0.0346. The van der Waals surface area contributed by atoms with Crippen LogP contribution in [0.2, 0.25) is 0 Å². The molecule has 0 saturated carbocycles. The van der Waals surface area contributed by atoms with Gasteiger partial charge in [-0.05, 0) is 13.3 Å². The van der Waals surface area contributed by atoms with Crippen molar-refractivity contribution in [2.45, 2.75) is 58.9 Å². The maximum Gasteiger partial charge on any atom is 0.281 e. The Hall–Kier alpha value is -1.85. The minimum atomic E-state index is -0.188. The van der Waals surface area contributed by atoms with Crippen molar-refractivity contribution in [1.29, 1.82) is 0 Å².